The second-order valence-electron chi connectivity index (χ2n) is 8.84. The fourth-order valence-corrected chi connectivity index (χ4v) is 4.06. The fourth-order valence-electron chi connectivity index (χ4n) is 4.06. The third kappa shape index (κ3) is 8.28. The summed E-state index contributed by atoms with van der Waals surface area (Å²) in [6, 6.07) is 24.6. The first-order valence-corrected chi connectivity index (χ1v) is 12.6. The standard InChI is InChI=1S/C30H36N2O7/c1-35-26-12-8-23(9-13-26)30(22-6-4-3-5-7-22,24-10-14-27(36-2)15-11-24)39-21-25(31)20-38-29(34)17-19-37-18-16-28(32)33/h3-15,25H,16-21,31H2,1-2H3,(H2,32,33). The molecule has 0 aliphatic rings. The molecule has 0 heterocycles. The Labute approximate surface area is 228 Å². The van der Waals surface area contributed by atoms with Crippen LogP contribution in [0.3, 0.4) is 0 Å². The fraction of sp³-hybridized carbons (Fsp3) is 0.333. The molecule has 0 aliphatic carbocycles. The van der Waals surface area contributed by atoms with Crippen molar-refractivity contribution in [3.63, 3.8) is 0 Å². The summed E-state index contributed by atoms with van der Waals surface area (Å²) in [6.45, 7) is 0.351. The monoisotopic (exact) mass is 536 g/mol. The molecule has 4 N–H and O–H groups in total. The van der Waals surface area contributed by atoms with E-state index in [9.17, 15) is 9.59 Å². The van der Waals surface area contributed by atoms with Gasteiger partial charge in [-0.2, -0.15) is 0 Å². The molecule has 39 heavy (non-hydrogen) atoms. The van der Waals surface area contributed by atoms with Crippen LogP contribution in [-0.4, -0.2) is 58.6 Å². The Balaban J connectivity index is 1.79. The Morgan fingerprint density at radius 2 is 1.26 bits per heavy atom. The number of ether oxygens (including phenoxy) is 5. The molecule has 0 spiro atoms. The number of carbonyl (C=O) groups is 2. The first-order chi connectivity index (χ1) is 18.9. The zero-order valence-electron chi connectivity index (χ0n) is 22.3. The summed E-state index contributed by atoms with van der Waals surface area (Å²) in [5.41, 5.74) is 13.0. The number of primary amides is 1. The number of hydrogen-bond acceptors (Lipinski definition) is 8. The molecule has 0 aromatic heterocycles. The van der Waals surface area contributed by atoms with Gasteiger partial charge < -0.3 is 35.2 Å². The predicted molar refractivity (Wildman–Crippen MR) is 146 cm³/mol. The minimum atomic E-state index is -1.02. The molecule has 3 aromatic carbocycles. The topological polar surface area (TPSA) is 132 Å². The van der Waals surface area contributed by atoms with E-state index in [1.807, 2.05) is 78.9 Å². The van der Waals surface area contributed by atoms with Gasteiger partial charge in [0.25, 0.3) is 0 Å². The SMILES string of the molecule is COc1ccc(C(OCC(N)COC(=O)CCOCCC(N)=O)(c2ccccc2)c2ccc(OC)cc2)cc1. The maximum absolute atomic E-state index is 12.1. The van der Waals surface area contributed by atoms with Gasteiger partial charge in [-0.1, -0.05) is 54.6 Å². The molecular formula is C30H36N2O7. The lowest BCUT2D eigenvalue weighted by atomic mass is 9.80. The largest absolute Gasteiger partial charge is 0.497 e. The van der Waals surface area contributed by atoms with Crippen molar-refractivity contribution in [2.45, 2.75) is 24.5 Å². The van der Waals surface area contributed by atoms with E-state index in [0.717, 1.165) is 28.2 Å². The molecule has 0 bridgehead atoms. The van der Waals surface area contributed by atoms with E-state index < -0.39 is 23.5 Å². The zero-order chi connectivity index (χ0) is 28.1. The van der Waals surface area contributed by atoms with Gasteiger partial charge in [-0.05, 0) is 41.0 Å². The highest BCUT2D eigenvalue weighted by atomic mass is 16.5. The lowest BCUT2D eigenvalue weighted by Gasteiger charge is -2.37. The molecule has 0 saturated carbocycles. The van der Waals surface area contributed by atoms with Crippen LogP contribution < -0.4 is 20.9 Å². The summed E-state index contributed by atoms with van der Waals surface area (Å²) in [4.78, 5) is 22.9. The third-order valence-corrected chi connectivity index (χ3v) is 6.09. The zero-order valence-corrected chi connectivity index (χ0v) is 22.3. The maximum Gasteiger partial charge on any atom is 0.308 e. The summed E-state index contributed by atoms with van der Waals surface area (Å²) in [5.74, 6) is 0.527. The molecule has 0 radical (unpaired) electrons. The average molecular weight is 537 g/mol. The summed E-state index contributed by atoms with van der Waals surface area (Å²) in [5, 5.41) is 0. The van der Waals surface area contributed by atoms with Gasteiger partial charge in [0.05, 0.1) is 46.5 Å². The highest BCUT2D eigenvalue weighted by Crippen LogP contribution is 2.41. The van der Waals surface area contributed by atoms with E-state index in [0.29, 0.717) is 0 Å². The normalized spacial score (nSPS) is 12.0. The first-order valence-electron chi connectivity index (χ1n) is 12.6. The molecule has 3 rings (SSSR count). The van der Waals surface area contributed by atoms with E-state index in [4.69, 9.17) is 35.2 Å². The van der Waals surface area contributed by atoms with Gasteiger partial charge in [0.15, 0.2) is 0 Å². The number of hydrogen-bond donors (Lipinski definition) is 2. The molecule has 9 heteroatoms. The van der Waals surface area contributed by atoms with Crippen molar-refractivity contribution in [2.75, 3.05) is 40.6 Å². The Kier molecular flexibility index (Phi) is 11.3. The Bertz CT molecular complexity index is 1120. The minimum absolute atomic E-state index is 0.0315. The van der Waals surface area contributed by atoms with Gasteiger partial charge in [-0.25, -0.2) is 0 Å². The van der Waals surface area contributed by atoms with Gasteiger partial charge >= 0.3 is 5.97 Å². The van der Waals surface area contributed by atoms with Crippen LogP contribution >= 0.6 is 0 Å². The highest BCUT2D eigenvalue weighted by Gasteiger charge is 2.38. The first kappa shape index (κ1) is 29.6. The molecule has 0 saturated heterocycles. The van der Waals surface area contributed by atoms with Crippen molar-refractivity contribution in [2.24, 2.45) is 11.5 Å². The minimum Gasteiger partial charge on any atom is -0.497 e. The smallest absolute Gasteiger partial charge is 0.308 e. The summed E-state index contributed by atoms with van der Waals surface area (Å²) in [7, 11) is 3.24. The number of esters is 1. The van der Waals surface area contributed by atoms with Crippen molar-refractivity contribution in [3.8, 4) is 11.5 Å². The van der Waals surface area contributed by atoms with E-state index in [2.05, 4.69) is 0 Å². The average Bonchev–Trinajstić information content (AvgIpc) is 2.97. The van der Waals surface area contributed by atoms with Crippen LogP contribution in [0.5, 0.6) is 11.5 Å². The predicted octanol–water partition coefficient (Wildman–Crippen LogP) is 3.16. The molecular weight excluding hydrogens is 500 g/mol. The number of methoxy groups -OCH3 is 2. The van der Waals surface area contributed by atoms with Crippen molar-refractivity contribution in [1.82, 2.24) is 0 Å². The van der Waals surface area contributed by atoms with E-state index in [1.54, 1.807) is 14.2 Å². The van der Waals surface area contributed by atoms with Crippen LogP contribution in [0, 0.1) is 0 Å². The molecule has 1 atom stereocenters. The van der Waals surface area contributed by atoms with E-state index in [1.165, 1.54) is 0 Å². The van der Waals surface area contributed by atoms with Crippen LogP contribution in [0.1, 0.15) is 29.5 Å². The molecule has 3 aromatic rings. The molecule has 208 valence electrons. The number of rotatable bonds is 16. The van der Waals surface area contributed by atoms with E-state index in [-0.39, 0.29) is 39.3 Å². The van der Waals surface area contributed by atoms with Gasteiger partial charge in [0.1, 0.15) is 23.7 Å². The summed E-state index contributed by atoms with van der Waals surface area (Å²) >= 11 is 0. The van der Waals surface area contributed by atoms with Crippen LogP contribution in [0.4, 0.5) is 0 Å². The maximum atomic E-state index is 12.1. The van der Waals surface area contributed by atoms with Gasteiger partial charge in [-0.3, -0.25) is 9.59 Å². The van der Waals surface area contributed by atoms with Crippen molar-refractivity contribution >= 4 is 11.9 Å². The van der Waals surface area contributed by atoms with Crippen LogP contribution in [0.25, 0.3) is 0 Å². The van der Waals surface area contributed by atoms with Crippen LogP contribution in [0.2, 0.25) is 0 Å². The third-order valence-electron chi connectivity index (χ3n) is 6.09. The Morgan fingerprint density at radius 1 is 0.744 bits per heavy atom. The molecule has 1 amide bonds. The number of nitrogens with two attached hydrogens (primary N) is 2. The summed E-state index contributed by atoms with van der Waals surface area (Å²) < 4.78 is 28.0. The second kappa shape index (κ2) is 14.9. The number of benzene rings is 3. The Hall–Kier alpha value is -3.92. The molecule has 0 aliphatic heterocycles. The van der Waals surface area contributed by atoms with Gasteiger partial charge in [0.2, 0.25) is 5.91 Å². The second-order valence-corrected chi connectivity index (χ2v) is 8.84. The van der Waals surface area contributed by atoms with Crippen molar-refractivity contribution in [1.29, 1.82) is 0 Å². The summed E-state index contributed by atoms with van der Waals surface area (Å²) in [6.07, 6.45) is 0.140. The van der Waals surface area contributed by atoms with Gasteiger partial charge in [0, 0.05) is 6.42 Å². The quantitative estimate of drug-likeness (QED) is 0.162. The van der Waals surface area contributed by atoms with Crippen molar-refractivity contribution < 1.29 is 33.3 Å². The Morgan fingerprint density at radius 3 is 1.77 bits per heavy atom. The highest BCUT2D eigenvalue weighted by molar-refractivity contribution is 5.73. The molecule has 9 nitrogen and oxygen atoms in total. The van der Waals surface area contributed by atoms with Gasteiger partial charge in [-0.15, -0.1) is 0 Å². The van der Waals surface area contributed by atoms with Crippen LogP contribution in [-0.2, 0) is 29.4 Å². The van der Waals surface area contributed by atoms with Crippen molar-refractivity contribution in [3.05, 3.63) is 95.6 Å². The molecule has 0 fully saturated rings. The van der Waals surface area contributed by atoms with Crippen LogP contribution in [0.15, 0.2) is 78.9 Å². The lowest BCUT2D eigenvalue weighted by molar-refractivity contribution is -0.146. The molecule has 1 unspecified atom stereocenters. The van der Waals surface area contributed by atoms with E-state index >= 15 is 0 Å². The number of carbonyl (C=O) groups excluding carboxylic acids is 2. The number of amides is 1. The lowest BCUT2D eigenvalue weighted by Crippen LogP contribution is -2.40.